The summed E-state index contributed by atoms with van der Waals surface area (Å²) in [5.41, 5.74) is 0. The molecule has 2 saturated heterocycles. The number of carbonyl (C=O) groups is 1. The molecule has 0 radical (unpaired) electrons. The maximum atomic E-state index is 12.1. The van der Waals surface area contributed by atoms with Gasteiger partial charge in [-0.3, -0.25) is 4.79 Å². The fourth-order valence-electron chi connectivity index (χ4n) is 3.55. The van der Waals surface area contributed by atoms with Gasteiger partial charge in [0.2, 0.25) is 5.91 Å². The molecular weight excluding hydrogens is 429 g/mol. The summed E-state index contributed by atoms with van der Waals surface area (Å²) < 4.78 is 0. The highest BCUT2D eigenvalue weighted by Crippen LogP contribution is 2.15. The molecule has 2 aliphatic rings. The maximum Gasteiger partial charge on any atom is 0.244 e. The van der Waals surface area contributed by atoms with E-state index in [4.69, 9.17) is 0 Å². The van der Waals surface area contributed by atoms with Crippen molar-refractivity contribution in [2.75, 3.05) is 52.4 Å². The molecule has 2 heterocycles. The second-order valence-electron chi connectivity index (χ2n) is 7.11. The van der Waals surface area contributed by atoms with Gasteiger partial charge in [-0.25, -0.2) is 4.99 Å². The highest BCUT2D eigenvalue weighted by molar-refractivity contribution is 14.0. The first-order valence-electron chi connectivity index (χ1n) is 9.71. The summed E-state index contributed by atoms with van der Waals surface area (Å²) in [6, 6.07) is 0. The van der Waals surface area contributed by atoms with Gasteiger partial charge in [0.05, 0.1) is 0 Å². The van der Waals surface area contributed by atoms with E-state index in [0.29, 0.717) is 0 Å². The van der Waals surface area contributed by atoms with Crippen LogP contribution in [0.25, 0.3) is 0 Å². The number of piperidine rings is 1. The molecule has 146 valence electrons. The Morgan fingerprint density at radius 1 is 1.16 bits per heavy atom. The van der Waals surface area contributed by atoms with Crippen molar-refractivity contribution in [2.45, 2.75) is 46.0 Å². The van der Waals surface area contributed by atoms with E-state index in [1.54, 1.807) is 0 Å². The Balaban J connectivity index is 0.00000312. The largest absolute Gasteiger partial charge is 0.357 e. The lowest BCUT2D eigenvalue weighted by Gasteiger charge is -2.30. The quantitative estimate of drug-likeness (QED) is 0.261. The van der Waals surface area contributed by atoms with Crippen LogP contribution in [0.4, 0.5) is 0 Å². The lowest BCUT2D eigenvalue weighted by Crippen LogP contribution is -2.41. The summed E-state index contributed by atoms with van der Waals surface area (Å²) in [6.07, 6.45) is 6.07. The zero-order chi connectivity index (χ0) is 17.2. The van der Waals surface area contributed by atoms with Gasteiger partial charge in [0.25, 0.3) is 0 Å². The van der Waals surface area contributed by atoms with Gasteiger partial charge >= 0.3 is 0 Å². The average Bonchev–Trinajstić information content (AvgIpc) is 3.11. The molecule has 2 rings (SSSR count). The molecule has 6 nitrogen and oxygen atoms in total. The Kier molecular flexibility index (Phi) is 11.4. The average molecular weight is 465 g/mol. The van der Waals surface area contributed by atoms with E-state index in [9.17, 15) is 4.79 Å². The van der Waals surface area contributed by atoms with E-state index in [1.165, 1.54) is 25.9 Å². The molecule has 0 spiro atoms. The smallest absolute Gasteiger partial charge is 0.244 e. The number of amides is 1. The second-order valence-corrected chi connectivity index (χ2v) is 7.11. The van der Waals surface area contributed by atoms with Crippen molar-refractivity contribution in [1.29, 1.82) is 0 Å². The molecule has 0 aromatic rings. The topological polar surface area (TPSA) is 60.0 Å². The molecule has 1 amide bonds. The predicted molar refractivity (Wildman–Crippen MR) is 115 cm³/mol. The molecule has 2 aliphatic heterocycles. The molecular formula is C18H36IN5O. The summed E-state index contributed by atoms with van der Waals surface area (Å²) in [7, 11) is 0. The lowest BCUT2D eigenvalue weighted by molar-refractivity contribution is -0.128. The van der Waals surface area contributed by atoms with Gasteiger partial charge in [0.15, 0.2) is 5.96 Å². The van der Waals surface area contributed by atoms with Crippen LogP contribution in [0.5, 0.6) is 0 Å². The Labute approximate surface area is 170 Å². The van der Waals surface area contributed by atoms with Crippen LogP contribution in [-0.4, -0.2) is 74.0 Å². The number of hydrogen-bond acceptors (Lipinski definition) is 3. The lowest BCUT2D eigenvalue weighted by atomic mass is 10.0. The zero-order valence-electron chi connectivity index (χ0n) is 15.9. The van der Waals surface area contributed by atoms with E-state index in [0.717, 1.165) is 63.9 Å². The summed E-state index contributed by atoms with van der Waals surface area (Å²) in [6.45, 7) is 11.8. The minimum Gasteiger partial charge on any atom is -0.357 e. The molecule has 0 bridgehead atoms. The molecule has 7 heteroatoms. The van der Waals surface area contributed by atoms with Gasteiger partial charge in [-0.1, -0.05) is 6.92 Å². The first-order valence-corrected chi connectivity index (χ1v) is 9.71. The highest BCUT2D eigenvalue weighted by atomic mass is 127. The third kappa shape index (κ3) is 8.57. The molecule has 0 saturated carbocycles. The Hall–Kier alpha value is -0.570. The Morgan fingerprint density at radius 3 is 2.60 bits per heavy atom. The number of rotatable bonds is 7. The minimum absolute atomic E-state index is 0. The number of guanidine groups is 1. The fraction of sp³-hybridized carbons (Fsp3) is 0.889. The van der Waals surface area contributed by atoms with Crippen molar-refractivity contribution in [2.24, 2.45) is 10.9 Å². The second kappa shape index (κ2) is 12.7. The molecule has 1 unspecified atom stereocenters. The van der Waals surface area contributed by atoms with E-state index >= 15 is 0 Å². The first-order chi connectivity index (χ1) is 11.7. The summed E-state index contributed by atoms with van der Waals surface area (Å²) in [4.78, 5) is 21.0. The number of carbonyl (C=O) groups excluding carboxylic acids is 1. The summed E-state index contributed by atoms with van der Waals surface area (Å²) >= 11 is 0. The number of halogens is 1. The number of nitrogens with one attached hydrogen (secondary N) is 2. The molecule has 0 aromatic heterocycles. The van der Waals surface area contributed by atoms with Crippen LogP contribution in [0, 0.1) is 5.92 Å². The molecule has 0 aromatic carbocycles. The van der Waals surface area contributed by atoms with Crippen molar-refractivity contribution in [3.05, 3.63) is 0 Å². The van der Waals surface area contributed by atoms with Crippen LogP contribution in [0.2, 0.25) is 0 Å². The highest BCUT2D eigenvalue weighted by Gasteiger charge is 2.17. The van der Waals surface area contributed by atoms with Crippen molar-refractivity contribution < 1.29 is 4.79 Å². The van der Waals surface area contributed by atoms with Crippen molar-refractivity contribution in [3.63, 3.8) is 0 Å². The van der Waals surface area contributed by atoms with E-state index in [2.05, 4.69) is 34.4 Å². The predicted octanol–water partition coefficient (Wildman–Crippen LogP) is 1.90. The van der Waals surface area contributed by atoms with E-state index in [-0.39, 0.29) is 36.4 Å². The summed E-state index contributed by atoms with van der Waals surface area (Å²) in [5, 5.41) is 6.59. The number of hydrogen-bond donors (Lipinski definition) is 2. The van der Waals surface area contributed by atoms with Crippen LogP contribution in [-0.2, 0) is 4.79 Å². The monoisotopic (exact) mass is 465 g/mol. The van der Waals surface area contributed by atoms with Crippen molar-refractivity contribution in [1.82, 2.24) is 20.4 Å². The normalized spacial score (nSPS) is 21.8. The van der Waals surface area contributed by atoms with Crippen molar-refractivity contribution >= 4 is 35.8 Å². The van der Waals surface area contributed by atoms with Gasteiger partial charge < -0.3 is 20.4 Å². The molecule has 2 fully saturated rings. The van der Waals surface area contributed by atoms with E-state index < -0.39 is 0 Å². The van der Waals surface area contributed by atoms with Gasteiger partial charge in [-0.2, -0.15) is 0 Å². The molecule has 1 atom stereocenters. The number of nitrogens with zero attached hydrogens (tertiary/aromatic N) is 3. The molecule has 0 aliphatic carbocycles. The third-order valence-corrected chi connectivity index (χ3v) is 4.86. The van der Waals surface area contributed by atoms with Crippen LogP contribution in [0.3, 0.4) is 0 Å². The minimum atomic E-state index is 0. The summed E-state index contributed by atoms with van der Waals surface area (Å²) in [5.74, 6) is 1.74. The van der Waals surface area contributed by atoms with Crippen LogP contribution < -0.4 is 10.6 Å². The van der Waals surface area contributed by atoms with Gasteiger partial charge in [-0.05, 0) is 58.0 Å². The number of aliphatic imine (C=N–C) groups is 1. The molecule has 25 heavy (non-hydrogen) atoms. The number of likely N-dealkylation sites (tertiary alicyclic amines) is 2. The van der Waals surface area contributed by atoms with Crippen LogP contribution in [0.1, 0.15) is 46.0 Å². The van der Waals surface area contributed by atoms with Crippen LogP contribution in [0.15, 0.2) is 4.99 Å². The van der Waals surface area contributed by atoms with E-state index in [1.807, 2.05) is 4.90 Å². The van der Waals surface area contributed by atoms with Gasteiger partial charge in [0.1, 0.15) is 6.54 Å². The zero-order valence-corrected chi connectivity index (χ0v) is 18.3. The third-order valence-electron chi connectivity index (χ3n) is 4.86. The van der Waals surface area contributed by atoms with Gasteiger partial charge in [-0.15, -0.1) is 24.0 Å². The standard InChI is InChI=1S/C18H35N5O.HI/c1-3-19-18(21-14-17(24)23-12-4-5-13-23)20-9-7-11-22-10-6-8-16(2)15-22;/h16H,3-15H2,1-2H3,(H2,19,20,21);1H. The Bertz CT molecular complexity index is 412. The Morgan fingerprint density at radius 2 is 1.92 bits per heavy atom. The van der Waals surface area contributed by atoms with Crippen molar-refractivity contribution in [3.8, 4) is 0 Å². The maximum absolute atomic E-state index is 12.1. The first kappa shape index (κ1) is 22.5. The van der Waals surface area contributed by atoms with Crippen LogP contribution >= 0.6 is 24.0 Å². The van der Waals surface area contributed by atoms with Gasteiger partial charge in [0, 0.05) is 32.7 Å². The SMILES string of the molecule is CCNC(=NCC(=O)N1CCCC1)NCCCN1CCCC(C)C1.I. The molecule has 2 N–H and O–H groups in total. The fourth-order valence-corrected chi connectivity index (χ4v) is 3.55.